The Balaban J connectivity index is 1.58. The third-order valence-electron chi connectivity index (χ3n) is 5.46. The van der Waals surface area contributed by atoms with Crippen LogP contribution >= 0.6 is 0 Å². The monoisotopic (exact) mass is 415 g/mol. The Labute approximate surface area is 171 Å². The van der Waals surface area contributed by atoms with Crippen molar-refractivity contribution in [2.45, 2.75) is 26.4 Å². The number of rotatable bonds is 6. The fraction of sp³-hybridized carbons (Fsp3) is 0.273. The maximum absolute atomic E-state index is 13.8. The number of nitrogens with zero attached hydrogens (tertiary/aromatic N) is 2. The van der Waals surface area contributed by atoms with Crippen molar-refractivity contribution in [1.29, 1.82) is 0 Å². The van der Waals surface area contributed by atoms with Gasteiger partial charge in [0.1, 0.15) is 11.6 Å². The average molecular weight is 415 g/mol. The Bertz CT molecular complexity index is 1050. The molecule has 2 aromatic carbocycles. The molecule has 5 nitrogen and oxygen atoms in total. The summed E-state index contributed by atoms with van der Waals surface area (Å²) >= 11 is 0. The first-order valence-corrected chi connectivity index (χ1v) is 9.57. The number of nitrogens with one attached hydrogen (secondary N) is 1. The van der Waals surface area contributed by atoms with E-state index in [1.807, 2.05) is 6.07 Å². The Morgan fingerprint density at radius 3 is 2.87 bits per heavy atom. The van der Waals surface area contributed by atoms with Gasteiger partial charge in [-0.2, -0.15) is 13.9 Å². The minimum atomic E-state index is -3.00. The van der Waals surface area contributed by atoms with Gasteiger partial charge in [0, 0.05) is 41.5 Å². The highest BCUT2D eigenvalue weighted by atomic mass is 19.3. The highest BCUT2D eigenvalue weighted by Gasteiger charge is 2.33. The molecule has 8 heteroatoms. The van der Waals surface area contributed by atoms with E-state index in [0.29, 0.717) is 41.8 Å². The summed E-state index contributed by atoms with van der Waals surface area (Å²) in [6.07, 6.45) is 4.12. The number of carbonyl (C=O) groups is 1. The molecule has 0 radical (unpaired) electrons. The maximum Gasteiger partial charge on any atom is 0.387 e. The zero-order chi connectivity index (χ0) is 21.3. The smallest absolute Gasteiger partial charge is 0.387 e. The first-order chi connectivity index (χ1) is 14.4. The van der Waals surface area contributed by atoms with Gasteiger partial charge in [-0.1, -0.05) is 12.1 Å². The van der Waals surface area contributed by atoms with Crippen LogP contribution < -0.4 is 9.64 Å². The van der Waals surface area contributed by atoms with Crippen molar-refractivity contribution in [2.24, 2.45) is 5.92 Å². The summed E-state index contributed by atoms with van der Waals surface area (Å²) in [4.78, 5) is 14.5. The molecule has 1 aliphatic heterocycles. The van der Waals surface area contributed by atoms with Gasteiger partial charge in [0.25, 0.3) is 0 Å². The molecule has 0 aliphatic carbocycles. The molecule has 1 unspecified atom stereocenters. The van der Waals surface area contributed by atoms with E-state index < -0.39 is 6.61 Å². The molecule has 1 N–H and O–H groups in total. The third-order valence-corrected chi connectivity index (χ3v) is 5.46. The number of ether oxygens (including phenoxy) is 1. The average Bonchev–Trinajstić information content (AvgIpc) is 3.36. The van der Waals surface area contributed by atoms with E-state index in [1.54, 1.807) is 36.2 Å². The van der Waals surface area contributed by atoms with Crippen molar-refractivity contribution in [3.63, 3.8) is 0 Å². The van der Waals surface area contributed by atoms with Crippen LogP contribution in [-0.4, -0.2) is 29.3 Å². The van der Waals surface area contributed by atoms with Crippen LogP contribution in [-0.2, 0) is 11.2 Å². The van der Waals surface area contributed by atoms with Crippen molar-refractivity contribution in [3.05, 3.63) is 65.7 Å². The number of halogens is 3. The summed E-state index contributed by atoms with van der Waals surface area (Å²) in [7, 11) is 0. The molecule has 0 saturated carbocycles. The largest absolute Gasteiger partial charge is 0.434 e. The lowest BCUT2D eigenvalue weighted by molar-refractivity contribution is -0.120. The lowest BCUT2D eigenvalue weighted by Gasteiger charge is -2.19. The molecule has 1 atom stereocenters. The number of aromatic amines is 1. The maximum atomic E-state index is 13.8. The summed E-state index contributed by atoms with van der Waals surface area (Å²) in [5.41, 5.74) is 2.88. The van der Waals surface area contributed by atoms with Crippen molar-refractivity contribution >= 4 is 11.6 Å². The zero-order valence-electron chi connectivity index (χ0n) is 16.2. The Morgan fingerprint density at radius 2 is 2.13 bits per heavy atom. The fourth-order valence-electron chi connectivity index (χ4n) is 3.83. The second-order valence-electron chi connectivity index (χ2n) is 7.25. The van der Waals surface area contributed by atoms with Crippen molar-refractivity contribution in [3.8, 4) is 16.9 Å². The highest BCUT2D eigenvalue weighted by Crippen LogP contribution is 2.36. The number of alkyl halides is 2. The van der Waals surface area contributed by atoms with Gasteiger partial charge in [0.15, 0.2) is 0 Å². The minimum Gasteiger partial charge on any atom is -0.434 e. The molecule has 0 bridgehead atoms. The SMILES string of the molecule is Cc1c(F)cccc1CC1CCN(c2ccc(-c3cn[nH]c3)c(OC(F)F)c2)C1=O. The number of benzene rings is 2. The lowest BCUT2D eigenvalue weighted by atomic mass is 9.95. The van der Waals surface area contributed by atoms with Crippen LogP contribution in [0.1, 0.15) is 17.5 Å². The van der Waals surface area contributed by atoms with Crippen LogP contribution in [0.15, 0.2) is 48.8 Å². The Kier molecular flexibility index (Phi) is 5.48. The molecule has 2 heterocycles. The summed E-state index contributed by atoms with van der Waals surface area (Å²) < 4.78 is 44.4. The quantitative estimate of drug-likeness (QED) is 0.634. The molecule has 156 valence electrons. The number of anilines is 1. The van der Waals surface area contributed by atoms with Gasteiger partial charge in [-0.05, 0) is 49.1 Å². The molecule has 30 heavy (non-hydrogen) atoms. The molecule has 1 saturated heterocycles. The van der Waals surface area contributed by atoms with E-state index in [-0.39, 0.29) is 23.4 Å². The van der Waals surface area contributed by atoms with Gasteiger partial charge >= 0.3 is 6.61 Å². The van der Waals surface area contributed by atoms with Gasteiger partial charge < -0.3 is 9.64 Å². The molecule has 1 aliphatic rings. The number of H-pyrrole nitrogens is 1. The third kappa shape index (κ3) is 3.90. The second-order valence-corrected chi connectivity index (χ2v) is 7.25. The van der Waals surface area contributed by atoms with Gasteiger partial charge in [-0.3, -0.25) is 9.89 Å². The molecule has 1 amide bonds. The first-order valence-electron chi connectivity index (χ1n) is 9.57. The lowest BCUT2D eigenvalue weighted by Crippen LogP contribution is -2.27. The Morgan fingerprint density at radius 1 is 1.30 bits per heavy atom. The summed E-state index contributed by atoms with van der Waals surface area (Å²) in [5, 5.41) is 6.47. The number of aromatic nitrogens is 2. The predicted octanol–water partition coefficient (Wildman–Crippen LogP) is 4.72. The van der Waals surface area contributed by atoms with Crippen LogP contribution in [0, 0.1) is 18.7 Å². The predicted molar refractivity (Wildman–Crippen MR) is 106 cm³/mol. The van der Waals surface area contributed by atoms with Crippen LogP contribution in [0.3, 0.4) is 0 Å². The fourth-order valence-corrected chi connectivity index (χ4v) is 3.83. The zero-order valence-corrected chi connectivity index (χ0v) is 16.2. The highest BCUT2D eigenvalue weighted by molar-refractivity contribution is 5.98. The second kappa shape index (κ2) is 8.22. The molecule has 1 aromatic heterocycles. The van der Waals surface area contributed by atoms with Crippen LogP contribution in [0.4, 0.5) is 18.9 Å². The number of hydrogen-bond donors (Lipinski definition) is 1. The van der Waals surface area contributed by atoms with E-state index >= 15 is 0 Å². The normalized spacial score (nSPS) is 16.5. The van der Waals surface area contributed by atoms with E-state index in [9.17, 15) is 18.0 Å². The topological polar surface area (TPSA) is 58.2 Å². The van der Waals surface area contributed by atoms with Crippen LogP contribution in [0.2, 0.25) is 0 Å². The van der Waals surface area contributed by atoms with Crippen LogP contribution in [0.5, 0.6) is 5.75 Å². The van der Waals surface area contributed by atoms with Crippen LogP contribution in [0.25, 0.3) is 11.1 Å². The molecule has 1 fully saturated rings. The van der Waals surface area contributed by atoms with Gasteiger partial charge in [0.05, 0.1) is 6.20 Å². The first kappa shape index (κ1) is 20.0. The standard InChI is InChI=1S/C22H20F3N3O2/c1-13-14(3-2-4-19(13)23)9-15-7-8-28(21(15)29)17-5-6-18(16-11-26-27-12-16)20(10-17)30-22(24)25/h2-6,10-12,15,22H,7-9H2,1H3,(H,26,27). The molecule has 4 rings (SSSR count). The van der Waals surface area contributed by atoms with Crippen molar-refractivity contribution in [1.82, 2.24) is 10.2 Å². The van der Waals surface area contributed by atoms with Gasteiger partial charge in [-0.25, -0.2) is 4.39 Å². The molecular weight excluding hydrogens is 395 g/mol. The summed E-state index contributed by atoms with van der Waals surface area (Å²) in [5.74, 6) is -0.726. The summed E-state index contributed by atoms with van der Waals surface area (Å²) in [6.45, 7) is -0.842. The molecule has 0 spiro atoms. The van der Waals surface area contributed by atoms with E-state index in [2.05, 4.69) is 10.2 Å². The number of hydrogen-bond acceptors (Lipinski definition) is 3. The minimum absolute atomic E-state index is 0.0267. The molecule has 3 aromatic rings. The van der Waals surface area contributed by atoms with E-state index in [1.165, 1.54) is 18.3 Å². The van der Waals surface area contributed by atoms with E-state index in [4.69, 9.17) is 4.74 Å². The van der Waals surface area contributed by atoms with E-state index in [0.717, 1.165) is 5.56 Å². The summed E-state index contributed by atoms with van der Waals surface area (Å²) in [6, 6.07) is 9.64. The van der Waals surface area contributed by atoms with Gasteiger partial charge in [-0.15, -0.1) is 0 Å². The van der Waals surface area contributed by atoms with Crippen molar-refractivity contribution in [2.75, 3.05) is 11.4 Å². The molecular formula is C22H20F3N3O2. The number of amides is 1. The Hall–Kier alpha value is -3.29. The number of carbonyl (C=O) groups excluding carboxylic acids is 1. The van der Waals surface area contributed by atoms with Gasteiger partial charge in [0.2, 0.25) is 5.91 Å². The van der Waals surface area contributed by atoms with Crippen molar-refractivity contribution < 1.29 is 22.7 Å².